The molecular weight excluding hydrogens is 98.1 g/mol. The first-order valence-electron chi connectivity index (χ1n) is 3.20. The number of rotatable bonds is 2. The molecule has 0 bridgehead atoms. The maximum atomic E-state index is 3.10. The molecule has 8 heavy (non-hydrogen) atoms. The first kappa shape index (κ1) is 5.67. The molecule has 1 rings (SSSR count). The van der Waals surface area contributed by atoms with E-state index in [1.807, 2.05) is 0 Å². The van der Waals surface area contributed by atoms with Crippen LogP contribution in [0.25, 0.3) is 0 Å². The first-order valence-corrected chi connectivity index (χ1v) is 3.20. The normalized spacial score (nSPS) is 17.1. The predicted molar refractivity (Wildman–Crippen MR) is 35.5 cm³/mol. The topological polar surface area (TPSA) is 12.0 Å². The molecule has 1 heteroatoms. The Balaban J connectivity index is 2.19. The van der Waals surface area contributed by atoms with Gasteiger partial charge in [-0.3, -0.25) is 0 Å². The molecule has 0 saturated heterocycles. The highest BCUT2D eigenvalue weighted by atomic mass is 14.9. The number of nitrogens with one attached hydrogen (secondary N) is 1. The lowest BCUT2D eigenvalue weighted by atomic mass is 10.0. The molecule has 0 saturated carbocycles. The second-order valence-corrected chi connectivity index (χ2v) is 2.78. The van der Waals surface area contributed by atoms with Gasteiger partial charge in [-0.25, -0.2) is 0 Å². The van der Waals surface area contributed by atoms with E-state index in [0.717, 1.165) is 12.5 Å². The van der Waals surface area contributed by atoms with Crippen molar-refractivity contribution in [3.8, 4) is 0 Å². The fraction of sp³-hybridized carbons (Fsp3) is 0.714. The fourth-order valence-corrected chi connectivity index (χ4v) is 0.902. The molecule has 0 aromatic rings. The third kappa shape index (κ3) is 1.25. The molecule has 1 aliphatic heterocycles. The van der Waals surface area contributed by atoms with Crippen LogP contribution < -0.4 is 5.32 Å². The molecule has 0 radical (unpaired) electrons. The van der Waals surface area contributed by atoms with Gasteiger partial charge in [0.1, 0.15) is 0 Å². The summed E-state index contributed by atoms with van der Waals surface area (Å²) in [6, 6.07) is 0. The van der Waals surface area contributed by atoms with Gasteiger partial charge in [-0.05, 0) is 24.1 Å². The van der Waals surface area contributed by atoms with E-state index in [1.165, 1.54) is 6.42 Å². The van der Waals surface area contributed by atoms with Crippen molar-refractivity contribution in [2.24, 2.45) is 5.92 Å². The monoisotopic (exact) mass is 111 g/mol. The SMILES string of the molecule is CC(C)CC1=CNC1. The molecule has 1 nitrogen and oxygen atoms in total. The van der Waals surface area contributed by atoms with Gasteiger partial charge >= 0.3 is 0 Å². The molecule has 46 valence electrons. The fourth-order valence-electron chi connectivity index (χ4n) is 0.902. The van der Waals surface area contributed by atoms with E-state index >= 15 is 0 Å². The number of hydrogen-bond donors (Lipinski definition) is 1. The lowest BCUT2D eigenvalue weighted by Crippen LogP contribution is -2.22. The maximum Gasteiger partial charge on any atom is 0.0371 e. The third-order valence-corrected chi connectivity index (χ3v) is 1.31. The van der Waals surface area contributed by atoms with Gasteiger partial charge in [0.25, 0.3) is 0 Å². The summed E-state index contributed by atoms with van der Waals surface area (Å²) in [5, 5.41) is 3.10. The second-order valence-electron chi connectivity index (χ2n) is 2.78. The van der Waals surface area contributed by atoms with E-state index in [1.54, 1.807) is 5.57 Å². The highest BCUT2D eigenvalue weighted by molar-refractivity contribution is 5.12. The Morgan fingerprint density at radius 1 is 1.75 bits per heavy atom. The lowest BCUT2D eigenvalue weighted by molar-refractivity contribution is 0.603. The Kier molecular flexibility index (Phi) is 1.56. The van der Waals surface area contributed by atoms with Crippen LogP contribution in [0.5, 0.6) is 0 Å². The summed E-state index contributed by atoms with van der Waals surface area (Å²) in [4.78, 5) is 0. The predicted octanol–water partition coefficient (Wildman–Crippen LogP) is 1.52. The minimum atomic E-state index is 0.823. The molecule has 0 amide bonds. The van der Waals surface area contributed by atoms with Gasteiger partial charge in [0.2, 0.25) is 0 Å². The van der Waals surface area contributed by atoms with Gasteiger partial charge in [-0.1, -0.05) is 13.8 Å². The van der Waals surface area contributed by atoms with E-state index in [9.17, 15) is 0 Å². The van der Waals surface area contributed by atoms with E-state index in [2.05, 4.69) is 25.4 Å². The van der Waals surface area contributed by atoms with Crippen molar-refractivity contribution in [1.29, 1.82) is 0 Å². The molecule has 0 unspecified atom stereocenters. The Hall–Kier alpha value is -0.460. The molecular formula is C7H13N. The van der Waals surface area contributed by atoms with Gasteiger partial charge < -0.3 is 5.32 Å². The average Bonchev–Trinajstić information content (AvgIpc) is 1.55. The Morgan fingerprint density at radius 3 is 2.50 bits per heavy atom. The maximum absolute atomic E-state index is 3.10. The van der Waals surface area contributed by atoms with Crippen LogP contribution in [0.4, 0.5) is 0 Å². The van der Waals surface area contributed by atoms with Crippen LogP contribution in [0.1, 0.15) is 20.3 Å². The van der Waals surface area contributed by atoms with Crippen LogP contribution in [-0.4, -0.2) is 6.54 Å². The van der Waals surface area contributed by atoms with Crippen LogP contribution in [0.2, 0.25) is 0 Å². The Labute approximate surface area is 50.8 Å². The van der Waals surface area contributed by atoms with Crippen molar-refractivity contribution in [2.75, 3.05) is 6.54 Å². The summed E-state index contributed by atoms with van der Waals surface area (Å²) >= 11 is 0. The molecule has 0 fully saturated rings. The lowest BCUT2D eigenvalue weighted by Gasteiger charge is -2.17. The largest absolute Gasteiger partial charge is 0.387 e. The molecule has 0 spiro atoms. The first-order chi connectivity index (χ1) is 3.79. The van der Waals surface area contributed by atoms with Crippen LogP contribution in [0, 0.1) is 5.92 Å². The zero-order chi connectivity index (χ0) is 5.98. The van der Waals surface area contributed by atoms with Gasteiger partial charge in [0.15, 0.2) is 0 Å². The third-order valence-electron chi connectivity index (χ3n) is 1.31. The summed E-state index contributed by atoms with van der Waals surface area (Å²) in [6.45, 7) is 5.62. The molecule has 0 aromatic heterocycles. The zero-order valence-electron chi connectivity index (χ0n) is 5.57. The van der Waals surface area contributed by atoms with E-state index < -0.39 is 0 Å². The molecule has 0 aliphatic carbocycles. The summed E-state index contributed by atoms with van der Waals surface area (Å²) in [5.41, 5.74) is 1.57. The molecule has 1 N–H and O–H groups in total. The highest BCUT2D eigenvalue weighted by Crippen LogP contribution is 2.12. The van der Waals surface area contributed by atoms with Gasteiger partial charge in [-0.15, -0.1) is 0 Å². The van der Waals surface area contributed by atoms with Crippen molar-refractivity contribution < 1.29 is 0 Å². The summed E-state index contributed by atoms with van der Waals surface area (Å²) < 4.78 is 0. The van der Waals surface area contributed by atoms with Crippen molar-refractivity contribution in [1.82, 2.24) is 5.32 Å². The van der Waals surface area contributed by atoms with Crippen molar-refractivity contribution in [3.63, 3.8) is 0 Å². The molecule has 0 aromatic carbocycles. The van der Waals surface area contributed by atoms with Crippen LogP contribution in [0.3, 0.4) is 0 Å². The van der Waals surface area contributed by atoms with Crippen molar-refractivity contribution >= 4 is 0 Å². The zero-order valence-corrected chi connectivity index (χ0v) is 5.57. The average molecular weight is 111 g/mol. The van der Waals surface area contributed by atoms with E-state index in [4.69, 9.17) is 0 Å². The standard InChI is InChI=1S/C7H13N/c1-6(2)3-7-4-8-5-7/h4,6,8H,3,5H2,1-2H3. The summed E-state index contributed by atoms with van der Waals surface area (Å²) in [5.74, 6) is 0.823. The summed E-state index contributed by atoms with van der Waals surface area (Å²) in [7, 11) is 0. The summed E-state index contributed by atoms with van der Waals surface area (Å²) in [6.07, 6.45) is 3.38. The molecule has 0 atom stereocenters. The Morgan fingerprint density at radius 2 is 2.38 bits per heavy atom. The smallest absolute Gasteiger partial charge is 0.0371 e. The van der Waals surface area contributed by atoms with Crippen LogP contribution >= 0.6 is 0 Å². The minimum absolute atomic E-state index is 0.823. The van der Waals surface area contributed by atoms with Crippen LogP contribution in [-0.2, 0) is 0 Å². The number of hydrogen-bond acceptors (Lipinski definition) is 1. The highest BCUT2D eigenvalue weighted by Gasteiger charge is 2.05. The quantitative estimate of drug-likeness (QED) is 0.569. The van der Waals surface area contributed by atoms with E-state index in [-0.39, 0.29) is 0 Å². The van der Waals surface area contributed by atoms with E-state index in [0.29, 0.717) is 0 Å². The van der Waals surface area contributed by atoms with Gasteiger partial charge in [0.05, 0.1) is 0 Å². The van der Waals surface area contributed by atoms with Gasteiger partial charge in [-0.2, -0.15) is 0 Å². The minimum Gasteiger partial charge on any atom is -0.387 e. The van der Waals surface area contributed by atoms with Crippen molar-refractivity contribution in [3.05, 3.63) is 11.8 Å². The molecule has 1 aliphatic rings. The second kappa shape index (κ2) is 2.21. The molecule has 1 heterocycles. The van der Waals surface area contributed by atoms with Crippen LogP contribution in [0.15, 0.2) is 11.8 Å². The Bertz CT molecular complexity index is 103. The van der Waals surface area contributed by atoms with Crippen molar-refractivity contribution in [2.45, 2.75) is 20.3 Å². The van der Waals surface area contributed by atoms with Gasteiger partial charge in [0, 0.05) is 6.54 Å².